The molecule has 0 rings (SSSR count). The summed E-state index contributed by atoms with van der Waals surface area (Å²) in [5.41, 5.74) is 0. The molecule has 0 spiro atoms. The summed E-state index contributed by atoms with van der Waals surface area (Å²) >= 11 is 5.77. The van der Waals surface area contributed by atoms with Gasteiger partial charge in [0.05, 0.1) is 0 Å². The highest BCUT2D eigenvalue weighted by Crippen LogP contribution is 2.03. The van der Waals surface area contributed by atoms with E-state index >= 15 is 0 Å². The second-order valence-electron chi connectivity index (χ2n) is 2.36. The van der Waals surface area contributed by atoms with Gasteiger partial charge in [-0.15, -0.1) is 0 Å². The van der Waals surface area contributed by atoms with E-state index in [2.05, 4.69) is 18.8 Å². The molecule has 60 valence electrons. The van der Waals surface area contributed by atoms with Crippen molar-refractivity contribution in [1.82, 2.24) is 4.90 Å². The van der Waals surface area contributed by atoms with Gasteiger partial charge in [-0.1, -0.05) is 6.92 Å². The SMILES string of the molecule is CCC(C)N(C)C(Cl)=NC. The van der Waals surface area contributed by atoms with Crippen LogP contribution in [-0.4, -0.2) is 30.3 Å². The van der Waals surface area contributed by atoms with E-state index < -0.39 is 0 Å². The fourth-order valence-electron chi connectivity index (χ4n) is 0.613. The van der Waals surface area contributed by atoms with Gasteiger partial charge in [0.1, 0.15) is 0 Å². The molecule has 0 bridgehead atoms. The minimum Gasteiger partial charge on any atom is -0.348 e. The lowest BCUT2D eigenvalue weighted by atomic mass is 10.2. The van der Waals surface area contributed by atoms with Gasteiger partial charge in [-0.2, -0.15) is 0 Å². The van der Waals surface area contributed by atoms with Crippen LogP contribution in [0.4, 0.5) is 0 Å². The van der Waals surface area contributed by atoms with Crippen LogP contribution in [-0.2, 0) is 0 Å². The first-order valence-electron chi connectivity index (χ1n) is 3.48. The topological polar surface area (TPSA) is 15.6 Å². The van der Waals surface area contributed by atoms with E-state index in [1.165, 1.54) is 0 Å². The van der Waals surface area contributed by atoms with Crippen LogP contribution in [0.5, 0.6) is 0 Å². The molecule has 10 heavy (non-hydrogen) atoms. The van der Waals surface area contributed by atoms with Gasteiger partial charge in [-0.25, -0.2) is 0 Å². The van der Waals surface area contributed by atoms with E-state index in [9.17, 15) is 0 Å². The molecule has 3 heteroatoms. The maximum absolute atomic E-state index is 5.77. The zero-order valence-electron chi connectivity index (χ0n) is 7.06. The molecule has 0 saturated heterocycles. The number of amidine groups is 1. The molecule has 0 N–H and O–H groups in total. The van der Waals surface area contributed by atoms with E-state index in [1.54, 1.807) is 7.05 Å². The van der Waals surface area contributed by atoms with Crippen LogP contribution in [0.15, 0.2) is 4.99 Å². The maximum Gasteiger partial charge on any atom is 0.193 e. The molecular formula is C7H15ClN2. The molecule has 1 unspecified atom stereocenters. The van der Waals surface area contributed by atoms with Crippen molar-refractivity contribution in [2.45, 2.75) is 26.3 Å². The number of nitrogens with zero attached hydrogens (tertiary/aromatic N) is 2. The molecule has 0 aliphatic rings. The number of halogens is 1. The summed E-state index contributed by atoms with van der Waals surface area (Å²) < 4.78 is 0. The van der Waals surface area contributed by atoms with E-state index in [0.717, 1.165) is 6.42 Å². The van der Waals surface area contributed by atoms with Crippen LogP contribution in [0.1, 0.15) is 20.3 Å². The third-order valence-corrected chi connectivity index (χ3v) is 2.16. The van der Waals surface area contributed by atoms with Gasteiger partial charge in [0.15, 0.2) is 5.29 Å². The van der Waals surface area contributed by atoms with Crippen LogP contribution in [0.25, 0.3) is 0 Å². The van der Waals surface area contributed by atoms with Crippen LogP contribution < -0.4 is 0 Å². The molecule has 0 radical (unpaired) electrons. The summed E-state index contributed by atoms with van der Waals surface area (Å²) in [4.78, 5) is 5.83. The van der Waals surface area contributed by atoms with Gasteiger partial charge >= 0.3 is 0 Å². The van der Waals surface area contributed by atoms with Crippen molar-refractivity contribution in [2.75, 3.05) is 14.1 Å². The second-order valence-corrected chi connectivity index (χ2v) is 2.70. The van der Waals surface area contributed by atoms with E-state index in [-0.39, 0.29) is 0 Å². The fraction of sp³-hybridized carbons (Fsp3) is 0.857. The van der Waals surface area contributed by atoms with Gasteiger partial charge in [-0.3, -0.25) is 4.99 Å². The first-order chi connectivity index (χ1) is 4.63. The van der Waals surface area contributed by atoms with Crippen molar-refractivity contribution < 1.29 is 0 Å². The Morgan fingerprint density at radius 1 is 1.70 bits per heavy atom. The predicted octanol–water partition coefficient (Wildman–Crippen LogP) is 1.94. The second kappa shape index (κ2) is 4.56. The quantitative estimate of drug-likeness (QED) is 0.344. The minimum absolute atomic E-state index is 0.469. The molecular weight excluding hydrogens is 148 g/mol. The molecule has 0 aliphatic heterocycles. The van der Waals surface area contributed by atoms with Crippen LogP contribution in [0, 0.1) is 0 Å². The molecule has 1 atom stereocenters. The van der Waals surface area contributed by atoms with Crippen molar-refractivity contribution in [1.29, 1.82) is 0 Å². The maximum atomic E-state index is 5.77. The Morgan fingerprint density at radius 3 is 2.50 bits per heavy atom. The Balaban J connectivity index is 3.94. The molecule has 0 amide bonds. The van der Waals surface area contributed by atoms with Gasteiger partial charge in [-0.05, 0) is 24.9 Å². The summed E-state index contributed by atoms with van der Waals surface area (Å²) in [6, 6.07) is 0.469. The van der Waals surface area contributed by atoms with Gasteiger partial charge in [0.25, 0.3) is 0 Å². The summed E-state index contributed by atoms with van der Waals surface area (Å²) in [7, 11) is 3.64. The van der Waals surface area contributed by atoms with E-state index in [4.69, 9.17) is 11.6 Å². The largest absolute Gasteiger partial charge is 0.348 e. The van der Waals surface area contributed by atoms with Gasteiger partial charge in [0.2, 0.25) is 0 Å². The smallest absolute Gasteiger partial charge is 0.193 e. The Morgan fingerprint density at radius 2 is 2.20 bits per heavy atom. The Hall–Kier alpha value is -0.240. The number of aliphatic imine (C=N–C) groups is 1. The first-order valence-corrected chi connectivity index (χ1v) is 3.86. The molecule has 0 aliphatic carbocycles. The highest BCUT2D eigenvalue weighted by atomic mass is 35.5. The standard InChI is InChI=1S/C7H15ClN2/c1-5-6(2)10(4)7(8)9-3/h6H,5H2,1-4H3. The lowest BCUT2D eigenvalue weighted by Crippen LogP contribution is -2.31. The number of hydrogen-bond acceptors (Lipinski definition) is 1. The predicted molar refractivity (Wildman–Crippen MR) is 46.7 cm³/mol. The molecule has 0 heterocycles. The third-order valence-electron chi connectivity index (χ3n) is 1.73. The average Bonchev–Trinajstić information content (AvgIpc) is 2.00. The summed E-state index contributed by atoms with van der Waals surface area (Å²) in [6.07, 6.45) is 1.09. The summed E-state index contributed by atoms with van der Waals surface area (Å²) in [5.74, 6) is 0. The van der Waals surface area contributed by atoms with Gasteiger partial charge < -0.3 is 4.90 Å². The Labute approximate surface area is 67.9 Å². The van der Waals surface area contributed by atoms with Crippen LogP contribution >= 0.6 is 11.6 Å². The highest BCUT2D eigenvalue weighted by molar-refractivity contribution is 6.64. The van der Waals surface area contributed by atoms with Crippen LogP contribution in [0.3, 0.4) is 0 Å². The van der Waals surface area contributed by atoms with Gasteiger partial charge in [0, 0.05) is 20.1 Å². The first kappa shape index (κ1) is 9.76. The fourth-order valence-corrected chi connectivity index (χ4v) is 0.780. The summed E-state index contributed by atoms with van der Waals surface area (Å²) in [6.45, 7) is 4.24. The van der Waals surface area contributed by atoms with E-state index in [1.807, 2.05) is 11.9 Å². The third kappa shape index (κ3) is 2.56. The van der Waals surface area contributed by atoms with E-state index in [0.29, 0.717) is 11.3 Å². The monoisotopic (exact) mass is 162 g/mol. The molecule has 0 aromatic rings. The lowest BCUT2D eigenvalue weighted by molar-refractivity contribution is 0.386. The molecule has 2 nitrogen and oxygen atoms in total. The van der Waals surface area contributed by atoms with Crippen LogP contribution in [0.2, 0.25) is 0 Å². The number of hydrogen-bond donors (Lipinski definition) is 0. The summed E-state index contributed by atoms with van der Waals surface area (Å²) in [5, 5.41) is 0.578. The zero-order chi connectivity index (χ0) is 8.15. The minimum atomic E-state index is 0.469. The Kier molecular flexibility index (Phi) is 4.45. The van der Waals surface area contributed by atoms with Crippen molar-refractivity contribution in [3.63, 3.8) is 0 Å². The molecule has 0 fully saturated rings. The van der Waals surface area contributed by atoms with Crippen molar-refractivity contribution in [2.24, 2.45) is 4.99 Å². The molecule has 0 aromatic heterocycles. The highest BCUT2D eigenvalue weighted by Gasteiger charge is 2.07. The Bertz CT molecular complexity index is 123. The van der Waals surface area contributed by atoms with Crippen molar-refractivity contribution in [3.8, 4) is 0 Å². The normalized spacial score (nSPS) is 15.1. The molecule has 0 aromatic carbocycles. The lowest BCUT2D eigenvalue weighted by Gasteiger charge is -2.23. The molecule has 0 saturated carbocycles. The van der Waals surface area contributed by atoms with Crippen molar-refractivity contribution >= 4 is 16.9 Å². The number of rotatable bonds is 2. The average molecular weight is 163 g/mol. The van der Waals surface area contributed by atoms with Crippen molar-refractivity contribution in [3.05, 3.63) is 0 Å². The zero-order valence-corrected chi connectivity index (χ0v) is 7.81.